The average Bonchev–Trinajstić information content (AvgIpc) is 2.99. The van der Waals surface area contributed by atoms with E-state index in [0.717, 1.165) is 0 Å². The largest absolute Gasteiger partial charge is 0.475 e. The van der Waals surface area contributed by atoms with Crippen LogP contribution in [0.25, 0.3) is 0 Å². The summed E-state index contributed by atoms with van der Waals surface area (Å²) in [5.74, 6) is -2.47. The number of nitrogens with zero attached hydrogens (tertiary/aromatic N) is 2. The number of amides is 2. The zero-order chi connectivity index (χ0) is 19.4. The molecule has 0 unspecified atom stereocenters. The maximum Gasteiger partial charge on any atom is 0.371 e. The van der Waals surface area contributed by atoms with E-state index in [1.54, 1.807) is 21.9 Å². The first-order valence-electron chi connectivity index (χ1n) is 8.58. The highest BCUT2D eigenvalue weighted by molar-refractivity contribution is 5.93. The zero-order valence-electron chi connectivity index (χ0n) is 14.6. The number of hydrogen-bond donors (Lipinski definition) is 1. The van der Waals surface area contributed by atoms with E-state index < -0.39 is 11.9 Å². The molecule has 1 saturated heterocycles. The molecule has 2 aromatic rings. The van der Waals surface area contributed by atoms with Crippen LogP contribution < -0.4 is 0 Å². The molecule has 8 heteroatoms. The summed E-state index contributed by atoms with van der Waals surface area (Å²) in [6, 6.07) is 8.50. The number of carboxylic acids is 1. The molecule has 1 aromatic carbocycles. The van der Waals surface area contributed by atoms with Crippen LogP contribution in [0.3, 0.4) is 0 Å². The smallest absolute Gasteiger partial charge is 0.371 e. The Labute approximate surface area is 155 Å². The maximum atomic E-state index is 13.3. The van der Waals surface area contributed by atoms with Crippen LogP contribution >= 0.6 is 0 Å². The number of carboxylic acid groups (broad SMARTS) is 1. The van der Waals surface area contributed by atoms with Crippen LogP contribution in [0.15, 0.2) is 40.8 Å². The molecule has 27 heavy (non-hydrogen) atoms. The van der Waals surface area contributed by atoms with Crippen LogP contribution in [0.1, 0.15) is 33.1 Å². The number of carbonyl (C=O) groups is 3. The van der Waals surface area contributed by atoms with Crippen molar-refractivity contribution in [2.24, 2.45) is 0 Å². The van der Waals surface area contributed by atoms with Gasteiger partial charge in [-0.05, 0) is 36.2 Å². The lowest BCUT2D eigenvalue weighted by atomic mass is 10.1. The second kappa shape index (κ2) is 8.03. The molecule has 0 radical (unpaired) electrons. The molecule has 0 atom stereocenters. The Morgan fingerprint density at radius 1 is 1.00 bits per heavy atom. The van der Waals surface area contributed by atoms with E-state index in [1.807, 2.05) is 0 Å². The number of rotatable bonds is 4. The van der Waals surface area contributed by atoms with Crippen molar-refractivity contribution < 1.29 is 28.3 Å². The van der Waals surface area contributed by atoms with Gasteiger partial charge in [-0.15, -0.1) is 0 Å². The van der Waals surface area contributed by atoms with E-state index in [1.165, 1.54) is 24.3 Å². The predicted molar refractivity (Wildman–Crippen MR) is 92.9 cm³/mol. The van der Waals surface area contributed by atoms with Gasteiger partial charge in [0.05, 0.1) is 6.42 Å². The van der Waals surface area contributed by atoms with E-state index >= 15 is 0 Å². The number of carbonyl (C=O) groups excluding carboxylic acids is 2. The number of aromatic carboxylic acids is 1. The number of halogens is 1. The fourth-order valence-corrected chi connectivity index (χ4v) is 3.03. The van der Waals surface area contributed by atoms with E-state index in [-0.39, 0.29) is 29.7 Å². The first-order valence-corrected chi connectivity index (χ1v) is 8.58. The van der Waals surface area contributed by atoms with Gasteiger partial charge in [0.15, 0.2) is 5.76 Å². The Hall–Kier alpha value is -3.16. The maximum absolute atomic E-state index is 13.3. The lowest BCUT2D eigenvalue weighted by Crippen LogP contribution is -2.37. The highest BCUT2D eigenvalue weighted by atomic mass is 19.1. The molecule has 0 bridgehead atoms. The standard InChI is InChI=1S/C19H19FN2O5/c20-14-4-1-3-13(11-14)12-17(23)21-7-2-8-22(10-9-21)18(24)15-5-6-16(27-15)19(25)26/h1,3-6,11H,2,7-10,12H2,(H,25,26). The minimum atomic E-state index is -1.24. The average molecular weight is 374 g/mol. The molecule has 3 rings (SSSR count). The molecule has 1 aliphatic heterocycles. The summed E-state index contributed by atoms with van der Waals surface area (Å²) in [4.78, 5) is 39.0. The third-order valence-electron chi connectivity index (χ3n) is 4.41. The van der Waals surface area contributed by atoms with Gasteiger partial charge in [0.2, 0.25) is 11.7 Å². The molecule has 142 valence electrons. The Morgan fingerprint density at radius 3 is 2.41 bits per heavy atom. The van der Waals surface area contributed by atoms with E-state index in [9.17, 15) is 18.8 Å². The molecule has 0 spiro atoms. The van der Waals surface area contributed by atoms with E-state index in [4.69, 9.17) is 9.52 Å². The van der Waals surface area contributed by atoms with Crippen molar-refractivity contribution in [3.63, 3.8) is 0 Å². The van der Waals surface area contributed by atoms with Gasteiger partial charge in [-0.25, -0.2) is 9.18 Å². The molecular formula is C19H19FN2O5. The van der Waals surface area contributed by atoms with Gasteiger partial charge in [-0.2, -0.15) is 0 Å². The molecule has 2 heterocycles. The van der Waals surface area contributed by atoms with Crippen molar-refractivity contribution in [1.29, 1.82) is 0 Å². The topological polar surface area (TPSA) is 91.1 Å². The highest BCUT2D eigenvalue weighted by Gasteiger charge is 2.25. The third kappa shape index (κ3) is 4.52. The van der Waals surface area contributed by atoms with Crippen molar-refractivity contribution in [2.75, 3.05) is 26.2 Å². The van der Waals surface area contributed by atoms with Gasteiger partial charge >= 0.3 is 5.97 Å². The van der Waals surface area contributed by atoms with Crippen LogP contribution in [-0.2, 0) is 11.2 Å². The number of benzene rings is 1. The SMILES string of the molecule is O=C(O)c1ccc(C(=O)N2CCCN(C(=O)Cc3cccc(F)c3)CC2)o1. The summed E-state index contributed by atoms with van der Waals surface area (Å²) in [5.41, 5.74) is 0.606. The van der Waals surface area contributed by atoms with Crippen LogP contribution in [0.5, 0.6) is 0 Å². The minimum absolute atomic E-state index is 0.0352. The van der Waals surface area contributed by atoms with Crippen LogP contribution in [0, 0.1) is 5.82 Å². The normalized spacial score (nSPS) is 14.7. The van der Waals surface area contributed by atoms with Gasteiger partial charge in [-0.1, -0.05) is 12.1 Å². The van der Waals surface area contributed by atoms with Crippen molar-refractivity contribution in [3.8, 4) is 0 Å². The molecule has 0 saturated carbocycles. The Morgan fingerprint density at radius 2 is 1.70 bits per heavy atom. The van der Waals surface area contributed by atoms with Crippen LogP contribution in [0.2, 0.25) is 0 Å². The first kappa shape index (κ1) is 18.6. The second-order valence-corrected chi connectivity index (χ2v) is 6.30. The number of furan rings is 1. The van der Waals surface area contributed by atoms with Crippen LogP contribution in [0.4, 0.5) is 4.39 Å². The molecule has 1 N–H and O–H groups in total. The molecule has 7 nitrogen and oxygen atoms in total. The summed E-state index contributed by atoms with van der Waals surface area (Å²) in [7, 11) is 0. The highest BCUT2D eigenvalue weighted by Crippen LogP contribution is 2.14. The lowest BCUT2D eigenvalue weighted by molar-refractivity contribution is -0.130. The minimum Gasteiger partial charge on any atom is -0.475 e. The Balaban J connectivity index is 1.60. The van der Waals surface area contributed by atoms with Crippen molar-refractivity contribution in [2.45, 2.75) is 12.8 Å². The van der Waals surface area contributed by atoms with E-state index in [0.29, 0.717) is 38.2 Å². The predicted octanol–water partition coefficient (Wildman–Crippen LogP) is 2.03. The Kier molecular flexibility index (Phi) is 5.54. The molecule has 2 amide bonds. The molecule has 1 aromatic heterocycles. The summed E-state index contributed by atoms with van der Waals surface area (Å²) < 4.78 is 18.3. The van der Waals surface area contributed by atoms with Gasteiger partial charge in [-0.3, -0.25) is 9.59 Å². The molecular weight excluding hydrogens is 355 g/mol. The fraction of sp³-hybridized carbons (Fsp3) is 0.316. The van der Waals surface area contributed by atoms with Crippen molar-refractivity contribution >= 4 is 17.8 Å². The summed E-state index contributed by atoms with van der Waals surface area (Å²) in [6.45, 7) is 1.60. The van der Waals surface area contributed by atoms with Gasteiger partial charge < -0.3 is 19.3 Å². The molecule has 1 fully saturated rings. The number of hydrogen-bond acceptors (Lipinski definition) is 4. The van der Waals surface area contributed by atoms with Gasteiger partial charge in [0.1, 0.15) is 5.82 Å². The van der Waals surface area contributed by atoms with Crippen LogP contribution in [-0.4, -0.2) is 58.9 Å². The zero-order valence-corrected chi connectivity index (χ0v) is 14.6. The van der Waals surface area contributed by atoms with E-state index in [2.05, 4.69) is 0 Å². The third-order valence-corrected chi connectivity index (χ3v) is 4.41. The quantitative estimate of drug-likeness (QED) is 0.884. The lowest BCUT2D eigenvalue weighted by Gasteiger charge is -2.21. The molecule has 0 aliphatic carbocycles. The Bertz CT molecular complexity index is 863. The van der Waals surface area contributed by atoms with Crippen molar-refractivity contribution in [3.05, 3.63) is 59.3 Å². The summed E-state index contributed by atoms with van der Waals surface area (Å²) in [6.07, 6.45) is 0.693. The fourth-order valence-electron chi connectivity index (χ4n) is 3.03. The second-order valence-electron chi connectivity index (χ2n) is 6.30. The first-order chi connectivity index (χ1) is 12.9. The van der Waals surface area contributed by atoms with Gasteiger partial charge in [0, 0.05) is 26.2 Å². The molecule has 1 aliphatic rings. The monoisotopic (exact) mass is 374 g/mol. The summed E-state index contributed by atoms with van der Waals surface area (Å²) >= 11 is 0. The van der Waals surface area contributed by atoms with Crippen molar-refractivity contribution in [1.82, 2.24) is 9.80 Å². The van der Waals surface area contributed by atoms with Gasteiger partial charge in [0.25, 0.3) is 5.91 Å². The summed E-state index contributed by atoms with van der Waals surface area (Å²) in [5, 5.41) is 8.88.